The zero-order valence-electron chi connectivity index (χ0n) is 15.1. The Hall–Kier alpha value is -2.82. The lowest BCUT2D eigenvalue weighted by Crippen LogP contribution is -2.39. The molecule has 0 radical (unpaired) electrons. The Morgan fingerprint density at radius 1 is 1.10 bits per heavy atom. The van der Waals surface area contributed by atoms with E-state index in [4.69, 9.17) is 0 Å². The predicted octanol–water partition coefficient (Wildman–Crippen LogP) is 3.81. The Balaban J connectivity index is 1.74. The smallest absolute Gasteiger partial charge is 0.341 e. The third-order valence-corrected chi connectivity index (χ3v) is 6.14. The van der Waals surface area contributed by atoms with Crippen LogP contribution in [-0.2, 0) is 9.84 Å². The minimum atomic E-state index is -4.92. The van der Waals surface area contributed by atoms with Crippen molar-refractivity contribution in [2.24, 2.45) is 0 Å². The van der Waals surface area contributed by atoms with E-state index in [9.17, 15) is 31.7 Å². The molecule has 1 aliphatic rings. The van der Waals surface area contributed by atoms with Crippen LogP contribution in [0.3, 0.4) is 0 Å². The number of nitro groups is 1. The monoisotopic (exact) mass is 429 g/mol. The molecular weight excluding hydrogens is 411 g/mol. The van der Waals surface area contributed by atoms with E-state index in [1.807, 2.05) is 0 Å². The number of nitrogens with zero attached hydrogens (tertiary/aromatic N) is 2. The number of nitro benzene ring substituents is 1. The molecule has 2 aromatic rings. The van der Waals surface area contributed by atoms with Crippen LogP contribution in [0.25, 0.3) is 0 Å². The van der Waals surface area contributed by atoms with Gasteiger partial charge in [0, 0.05) is 30.9 Å². The maximum atomic E-state index is 13.0. The van der Waals surface area contributed by atoms with Crippen LogP contribution in [-0.4, -0.2) is 38.2 Å². The van der Waals surface area contributed by atoms with Crippen molar-refractivity contribution in [1.29, 1.82) is 0 Å². The van der Waals surface area contributed by atoms with E-state index in [-0.39, 0.29) is 17.5 Å². The first-order valence-electron chi connectivity index (χ1n) is 8.76. The number of alkyl halides is 2. The molecule has 0 aromatic heterocycles. The first-order valence-corrected chi connectivity index (χ1v) is 10.3. The van der Waals surface area contributed by atoms with Gasteiger partial charge < -0.3 is 10.2 Å². The fraction of sp³-hybridized carbons (Fsp3) is 0.333. The third kappa shape index (κ3) is 4.61. The molecule has 1 fully saturated rings. The molecular formula is C18H18F3N3O4S. The number of sulfone groups is 1. The van der Waals surface area contributed by atoms with Gasteiger partial charge in [-0.05, 0) is 49.2 Å². The summed E-state index contributed by atoms with van der Waals surface area (Å²) in [6.07, 6.45) is 1.26. The summed E-state index contributed by atoms with van der Waals surface area (Å²) in [6, 6.07) is 8.84. The van der Waals surface area contributed by atoms with Crippen molar-refractivity contribution in [2.45, 2.75) is 29.5 Å². The van der Waals surface area contributed by atoms with Crippen molar-refractivity contribution in [1.82, 2.24) is 0 Å². The van der Waals surface area contributed by atoms with Gasteiger partial charge in [-0.3, -0.25) is 10.1 Å². The van der Waals surface area contributed by atoms with Gasteiger partial charge in [-0.1, -0.05) is 0 Å². The molecule has 11 heteroatoms. The molecule has 0 amide bonds. The lowest BCUT2D eigenvalue weighted by Gasteiger charge is -2.34. The molecule has 1 N–H and O–H groups in total. The summed E-state index contributed by atoms with van der Waals surface area (Å²) in [5.41, 5.74) is 0.414. The van der Waals surface area contributed by atoms with E-state index in [1.54, 1.807) is 17.0 Å². The second kappa shape index (κ2) is 8.27. The second-order valence-electron chi connectivity index (χ2n) is 6.63. The number of anilines is 2. The molecule has 7 nitrogen and oxygen atoms in total. The fourth-order valence-electron chi connectivity index (χ4n) is 3.24. The quantitative estimate of drug-likeness (QED) is 0.555. The predicted molar refractivity (Wildman–Crippen MR) is 102 cm³/mol. The van der Waals surface area contributed by atoms with Gasteiger partial charge in [-0.15, -0.1) is 0 Å². The van der Waals surface area contributed by atoms with Crippen molar-refractivity contribution in [3.05, 3.63) is 58.4 Å². The largest absolute Gasteiger partial charge is 0.382 e. The average molecular weight is 429 g/mol. The normalized spacial score (nSPS) is 15.5. The maximum Gasteiger partial charge on any atom is 0.341 e. The van der Waals surface area contributed by atoms with Crippen LogP contribution in [0, 0.1) is 15.9 Å². The fourth-order valence-corrected chi connectivity index (χ4v) is 3.98. The number of nitrogens with one attached hydrogen (secondary N) is 1. The van der Waals surface area contributed by atoms with Gasteiger partial charge in [-0.25, -0.2) is 12.8 Å². The number of hydrogen-bond donors (Lipinski definition) is 1. The average Bonchev–Trinajstić information content (AvgIpc) is 2.69. The molecule has 1 aliphatic heterocycles. The van der Waals surface area contributed by atoms with Gasteiger partial charge in [0.2, 0.25) is 9.84 Å². The Bertz CT molecular complexity index is 992. The number of piperidine rings is 1. The summed E-state index contributed by atoms with van der Waals surface area (Å²) in [5.74, 6) is -3.99. The van der Waals surface area contributed by atoms with E-state index < -0.39 is 31.1 Å². The Morgan fingerprint density at radius 2 is 1.72 bits per heavy atom. The molecule has 1 saturated heterocycles. The zero-order valence-corrected chi connectivity index (χ0v) is 15.9. The highest BCUT2D eigenvalue weighted by atomic mass is 32.2. The van der Waals surface area contributed by atoms with Gasteiger partial charge in [-0.2, -0.15) is 8.78 Å². The van der Waals surface area contributed by atoms with E-state index in [2.05, 4.69) is 5.32 Å². The summed E-state index contributed by atoms with van der Waals surface area (Å²) in [4.78, 5) is 11.6. The molecule has 0 aliphatic carbocycles. The first-order chi connectivity index (χ1) is 13.7. The molecule has 0 spiro atoms. The molecule has 156 valence electrons. The van der Waals surface area contributed by atoms with Gasteiger partial charge >= 0.3 is 5.76 Å². The summed E-state index contributed by atoms with van der Waals surface area (Å²) in [6.45, 7) is 0.890. The number of rotatable bonds is 6. The summed E-state index contributed by atoms with van der Waals surface area (Å²) in [7, 11) is -4.92. The van der Waals surface area contributed by atoms with Crippen molar-refractivity contribution < 1.29 is 26.5 Å². The number of hydrogen-bond acceptors (Lipinski definition) is 6. The lowest BCUT2D eigenvalue weighted by molar-refractivity contribution is -0.384. The Morgan fingerprint density at radius 3 is 2.28 bits per heavy atom. The first kappa shape index (κ1) is 20.9. The topological polar surface area (TPSA) is 92.5 Å². The van der Waals surface area contributed by atoms with E-state index in [1.165, 1.54) is 18.2 Å². The highest BCUT2D eigenvalue weighted by Crippen LogP contribution is 2.34. The van der Waals surface area contributed by atoms with Crippen molar-refractivity contribution in [3.8, 4) is 0 Å². The van der Waals surface area contributed by atoms with Gasteiger partial charge in [0.15, 0.2) is 0 Å². The lowest BCUT2D eigenvalue weighted by atomic mass is 10.0. The molecule has 3 rings (SSSR count). The molecule has 29 heavy (non-hydrogen) atoms. The SMILES string of the molecule is O=[N+]([O-])c1cc(S(=O)(=O)C(F)F)ccc1N1CCC(Nc2ccc(F)cc2)CC1. The van der Waals surface area contributed by atoms with Gasteiger partial charge in [0.05, 0.1) is 9.82 Å². The summed E-state index contributed by atoms with van der Waals surface area (Å²) >= 11 is 0. The zero-order chi connectivity index (χ0) is 21.2. The van der Waals surface area contributed by atoms with Crippen molar-refractivity contribution in [3.63, 3.8) is 0 Å². The van der Waals surface area contributed by atoms with Gasteiger partial charge in [0.1, 0.15) is 11.5 Å². The van der Waals surface area contributed by atoms with E-state index in [0.29, 0.717) is 32.0 Å². The van der Waals surface area contributed by atoms with Gasteiger partial charge in [0.25, 0.3) is 5.69 Å². The Labute approximate surface area is 165 Å². The van der Waals surface area contributed by atoms with Crippen LogP contribution in [0.15, 0.2) is 47.4 Å². The van der Waals surface area contributed by atoms with E-state index >= 15 is 0 Å². The minimum Gasteiger partial charge on any atom is -0.382 e. The van der Waals surface area contributed by atoms with Crippen LogP contribution in [0.2, 0.25) is 0 Å². The standard InChI is InChI=1S/C18H18F3N3O4S/c19-12-1-3-13(4-2-12)22-14-7-9-23(10-8-14)16-6-5-15(11-17(16)24(25)26)29(27,28)18(20)21/h1-6,11,14,18,22H,7-10H2. The van der Waals surface area contributed by atoms with E-state index in [0.717, 1.165) is 11.8 Å². The second-order valence-corrected chi connectivity index (χ2v) is 8.54. The number of benzene rings is 2. The van der Waals surface area contributed by atoms with Crippen LogP contribution >= 0.6 is 0 Å². The third-order valence-electron chi connectivity index (χ3n) is 4.76. The maximum absolute atomic E-state index is 13.0. The van der Waals surface area contributed by atoms with Crippen LogP contribution in [0.1, 0.15) is 12.8 Å². The van der Waals surface area contributed by atoms with Crippen LogP contribution in [0.4, 0.5) is 30.2 Å². The number of halogens is 3. The molecule has 0 saturated carbocycles. The van der Waals surface area contributed by atoms with Crippen LogP contribution in [0.5, 0.6) is 0 Å². The summed E-state index contributed by atoms with van der Waals surface area (Å²) in [5, 5.41) is 14.7. The van der Waals surface area contributed by atoms with Crippen LogP contribution < -0.4 is 10.2 Å². The molecule has 0 unspecified atom stereocenters. The molecule has 2 aromatic carbocycles. The summed E-state index contributed by atoms with van der Waals surface area (Å²) < 4.78 is 61.7. The Kier molecular flexibility index (Phi) is 5.96. The molecule has 0 atom stereocenters. The molecule has 1 heterocycles. The van der Waals surface area contributed by atoms with Crippen molar-refractivity contribution >= 4 is 26.9 Å². The highest BCUT2D eigenvalue weighted by molar-refractivity contribution is 7.91. The highest BCUT2D eigenvalue weighted by Gasteiger charge is 2.31. The minimum absolute atomic E-state index is 0.0780. The molecule has 0 bridgehead atoms. The van der Waals surface area contributed by atoms with Crippen molar-refractivity contribution in [2.75, 3.05) is 23.3 Å².